The Kier molecular flexibility index (Phi) is 10.2. The quantitative estimate of drug-likeness (QED) is 0.184. The molecule has 2 aromatic carbocycles. The molecule has 2 atom stereocenters. The van der Waals surface area contributed by atoms with Crippen molar-refractivity contribution in [1.82, 2.24) is 0 Å². The molecule has 0 aliphatic heterocycles. The van der Waals surface area contributed by atoms with Gasteiger partial charge in [0.2, 0.25) is 6.71 Å². The maximum Gasteiger partial charge on any atom is 0.254 e. The van der Waals surface area contributed by atoms with Crippen molar-refractivity contribution in [3.63, 3.8) is 0 Å². The zero-order valence-corrected chi connectivity index (χ0v) is 29.5. The minimum atomic E-state index is 0.205. The van der Waals surface area contributed by atoms with Crippen LogP contribution >= 0.6 is 11.3 Å². The first-order chi connectivity index (χ1) is 20.2. The van der Waals surface area contributed by atoms with Gasteiger partial charge in [-0.2, -0.15) is 11.3 Å². The molecule has 3 heteroatoms. The van der Waals surface area contributed by atoms with Crippen LogP contribution in [-0.4, -0.2) is 13.4 Å². The Hall–Kier alpha value is -3.03. The van der Waals surface area contributed by atoms with Crippen LogP contribution in [0.2, 0.25) is 5.82 Å². The smallest absolute Gasteiger partial charge is 0.164 e. The van der Waals surface area contributed by atoms with Gasteiger partial charge >= 0.3 is 0 Å². The van der Waals surface area contributed by atoms with Crippen LogP contribution in [0.5, 0.6) is 0 Å². The second-order valence-corrected chi connectivity index (χ2v) is 14.6. The van der Waals surface area contributed by atoms with Crippen LogP contribution in [0.25, 0.3) is 0 Å². The predicted molar refractivity (Wildman–Crippen MR) is 198 cm³/mol. The Morgan fingerprint density at radius 3 is 1.72 bits per heavy atom. The molecule has 1 aliphatic rings. The Balaban J connectivity index is 1.98. The van der Waals surface area contributed by atoms with Crippen LogP contribution in [-0.2, 0) is 0 Å². The highest BCUT2D eigenvalue weighted by Gasteiger charge is 2.38. The Morgan fingerprint density at radius 2 is 1.26 bits per heavy atom. The zero-order chi connectivity index (χ0) is 31.7. The third-order valence-electron chi connectivity index (χ3n) is 9.58. The highest BCUT2D eigenvalue weighted by atomic mass is 32.1. The highest BCUT2D eigenvalue weighted by molar-refractivity contribution is 7.34. The van der Waals surface area contributed by atoms with Crippen LogP contribution in [0.4, 0.5) is 0 Å². The van der Waals surface area contributed by atoms with E-state index in [2.05, 4.69) is 144 Å². The lowest BCUT2D eigenvalue weighted by Crippen LogP contribution is -2.55. The van der Waals surface area contributed by atoms with Gasteiger partial charge in [-0.05, 0) is 90.5 Å². The van der Waals surface area contributed by atoms with Gasteiger partial charge in [-0.15, -0.1) is 0 Å². The summed E-state index contributed by atoms with van der Waals surface area (Å²) in [6.07, 6.45) is 9.13. The average Bonchev–Trinajstić information content (AvgIpc) is 3.37. The first-order valence-corrected chi connectivity index (χ1v) is 16.6. The first-order valence-electron chi connectivity index (χ1n) is 15.8. The summed E-state index contributed by atoms with van der Waals surface area (Å²) in [6, 6.07) is 14.3. The molecular weight excluding hydrogens is 534 g/mol. The number of benzene rings is 2. The second kappa shape index (κ2) is 13.3. The van der Waals surface area contributed by atoms with E-state index in [1.807, 2.05) is 17.4 Å². The number of rotatable bonds is 8. The number of allylic oxidation sites excluding steroid dienone is 9. The fourth-order valence-corrected chi connectivity index (χ4v) is 9.18. The average molecular weight is 585 g/mol. The van der Waals surface area contributed by atoms with E-state index in [0.717, 1.165) is 0 Å². The van der Waals surface area contributed by atoms with E-state index in [9.17, 15) is 0 Å². The van der Waals surface area contributed by atoms with E-state index < -0.39 is 0 Å². The molecule has 0 bridgehead atoms. The minimum Gasteiger partial charge on any atom is -0.164 e. The van der Waals surface area contributed by atoms with E-state index in [1.54, 1.807) is 0 Å². The molecule has 1 aromatic heterocycles. The summed E-state index contributed by atoms with van der Waals surface area (Å²) in [4.78, 5) is 0. The van der Waals surface area contributed by atoms with Crippen molar-refractivity contribution in [3.8, 4) is 0 Å². The summed E-state index contributed by atoms with van der Waals surface area (Å²) in [5.41, 5.74) is 18.0. The molecule has 0 saturated heterocycles. The molecule has 0 saturated carbocycles. The SMILES string of the molecule is C=C/C(C)=C\C(C)=C(/C)B(c1ccc(B(c2c(C)cc(C)cc2C)c2c(C)cc(C)cc2C)s1)C1C(C)=CC(C)=CC1C. The standard InChI is InChI=1S/C40H50B2S/c1-14-24(2)17-28(6)35(13)41(38-29(7)18-25(3)19-30(38)8)36-15-16-37(43-36)42(39-31(9)20-26(4)21-32(39)10)40-33(11)22-27(5)23-34(40)12/h14-23,29,38H,1H2,2-13H3/b24-17-,35-28+. The second-order valence-electron chi connectivity index (χ2n) is 13.4. The third kappa shape index (κ3) is 6.88. The van der Waals surface area contributed by atoms with E-state index in [4.69, 9.17) is 0 Å². The van der Waals surface area contributed by atoms with E-state index in [0.29, 0.717) is 18.4 Å². The van der Waals surface area contributed by atoms with Crippen molar-refractivity contribution in [2.24, 2.45) is 5.92 Å². The summed E-state index contributed by atoms with van der Waals surface area (Å²) in [6.45, 7) is 31.9. The number of aryl methyl sites for hydroxylation is 6. The molecule has 0 amide bonds. The van der Waals surface area contributed by atoms with Crippen molar-refractivity contribution in [1.29, 1.82) is 0 Å². The molecule has 1 heterocycles. The monoisotopic (exact) mass is 584 g/mol. The fourth-order valence-electron chi connectivity index (χ4n) is 7.83. The van der Waals surface area contributed by atoms with Gasteiger partial charge in [0.25, 0.3) is 6.71 Å². The number of hydrogen-bond donors (Lipinski definition) is 0. The molecule has 1 aliphatic carbocycles. The first kappa shape index (κ1) is 32.9. The summed E-state index contributed by atoms with van der Waals surface area (Å²) in [5, 5.41) is 0. The van der Waals surface area contributed by atoms with E-state index >= 15 is 0 Å². The van der Waals surface area contributed by atoms with Gasteiger partial charge in [-0.25, -0.2) is 0 Å². The molecule has 43 heavy (non-hydrogen) atoms. The van der Waals surface area contributed by atoms with Crippen LogP contribution < -0.4 is 20.5 Å². The maximum atomic E-state index is 4.01. The van der Waals surface area contributed by atoms with Crippen LogP contribution in [0.15, 0.2) is 95.0 Å². The van der Waals surface area contributed by atoms with Crippen LogP contribution in [0.1, 0.15) is 74.9 Å². The zero-order valence-electron chi connectivity index (χ0n) is 28.7. The lowest BCUT2D eigenvalue weighted by atomic mass is 9.32. The molecule has 222 valence electrons. The molecule has 0 radical (unpaired) electrons. The molecular formula is C40H50B2S. The maximum absolute atomic E-state index is 4.01. The van der Waals surface area contributed by atoms with E-state index in [1.165, 1.54) is 81.6 Å². The summed E-state index contributed by atoms with van der Waals surface area (Å²) in [5.74, 6) is 0.887. The van der Waals surface area contributed by atoms with Gasteiger partial charge in [0.15, 0.2) is 0 Å². The van der Waals surface area contributed by atoms with E-state index in [-0.39, 0.29) is 6.71 Å². The summed E-state index contributed by atoms with van der Waals surface area (Å²) >= 11 is 2.03. The molecule has 0 nitrogen and oxygen atoms in total. The van der Waals surface area contributed by atoms with Gasteiger partial charge in [0.05, 0.1) is 0 Å². The van der Waals surface area contributed by atoms with Gasteiger partial charge in [0.1, 0.15) is 0 Å². The highest BCUT2D eigenvalue weighted by Crippen LogP contribution is 2.39. The van der Waals surface area contributed by atoms with Crippen molar-refractivity contribution in [2.75, 3.05) is 0 Å². The molecule has 0 spiro atoms. The normalized spacial score (nSPS) is 17.7. The Labute approximate surface area is 267 Å². The topological polar surface area (TPSA) is 0 Å². The number of hydrogen-bond acceptors (Lipinski definition) is 1. The Bertz CT molecular complexity index is 1570. The predicted octanol–water partition coefficient (Wildman–Crippen LogP) is 8.74. The van der Waals surface area contributed by atoms with Crippen LogP contribution in [0, 0.1) is 47.5 Å². The van der Waals surface area contributed by atoms with Gasteiger partial charge in [-0.1, -0.05) is 153 Å². The number of thiophene rings is 1. The largest absolute Gasteiger partial charge is 0.254 e. The Morgan fingerprint density at radius 1 is 0.767 bits per heavy atom. The van der Waals surface area contributed by atoms with Gasteiger partial charge < -0.3 is 0 Å². The minimum absolute atomic E-state index is 0.205. The van der Waals surface area contributed by atoms with Gasteiger partial charge in [0, 0.05) is 0 Å². The van der Waals surface area contributed by atoms with Crippen molar-refractivity contribution >= 4 is 45.2 Å². The third-order valence-corrected chi connectivity index (χ3v) is 10.8. The van der Waals surface area contributed by atoms with Crippen LogP contribution in [0.3, 0.4) is 0 Å². The van der Waals surface area contributed by atoms with Crippen molar-refractivity contribution < 1.29 is 0 Å². The lowest BCUT2D eigenvalue weighted by Gasteiger charge is -2.33. The van der Waals surface area contributed by atoms with Crippen molar-refractivity contribution in [3.05, 3.63) is 128 Å². The molecule has 3 aromatic rings. The fraction of sp³-hybridized carbons (Fsp3) is 0.350. The molecule has 0 fully saturated rings. The molecule has 2 unspecified atom stereocenters. The van der Waals surface area contributed by atoms with Gasteiger partial charge in [-0.3, -0.25) is 0 Å². The lowest BCUT2D eigenvalue weighted by molar-refractivity contribution is 0.688. The molecule has 0 N–H and O–H groups in total. The molecule has 4 rings (SSSR count). The van der Waals surface area contributed by atoms with Crippen molar-refractivity contribution in [2.45, 2.75) is 88.9 Å². The summed E-state index contributed by atoms with van der Waals surface area (Å²) in [7, 11) is 0. The summed E-state index contributed by atoms with van der Waals surface area (Å²) < 4.78 is 2.90.